The molecule has 2 heterocycles. The van der Waals surface area contributed by atoms with Crippen molar-refractivity contribution in [3.05, 3.63) is 38.6 Å². The molecule has 0 bridgehead atoms. The van der Waals surface area contributed by atoms with Crippen molar-refractivity contribution < 1.29 is 0 Å². The minimum Gasteiger partial charge on any atom is -0.240 e. The highest BCUT2D eigenvalue weighted by molar-refractivity contribution is 9.10. The smallest absolute Gasteiger partial charge is 0.107 e. The molecule has 1 unspecified atom stereocenters. The van der Waals surface area contributed by atoms with Gasteiger partial charge in [0.25, 0.3) is 0 Å². The predicted octanol–water partition coefficient (Wildman–Crippen LogP) is 5.84. The predicted molar refractivity (Wildman–Crippen MR) is 89.0 cm³/mol. The van der Waals surface area contributed by atoms with Gasteiger partial charge in [-0.05, 0) is 31.6 Å². The zero-order valence-electron chi connectivity index (χ0n) is 10.9. The van der Waals surface area contributed by atoms with Crippen LogP contribution in [0.1, 0.15) is 34.4 Å². The van der Waals surface area contributed by atoms with Crippen LogP contribution in [0.3, 0.4) is 0 Å². The molecule has 1 atom stereocenters. The zero-order valence-corrected chi connectivity index (χ0v) is 14.1. The Bertz CT molecular complexity index is 573. The van der Waals surface area contributed by atoms with Gasteiger partial charge in [-0.15, -0.1) is 11.3 Å². The number of nitrogens with zero attached hydrogens (tertiary/aromatic N) is 1. The summed E-state index contributed by atoms with van der Waals surface area (Å²) in [6.45, 7) is 2.18. The molecule has 1 saturated heterocycles. The molecule has 0 N–H and O–H groups in total. The van der Waals surface area contributed by atoms with Crippen LogP contribution in [-0.4, -0.2) is 10.7 Å². The van der Waals surface area contributed by atoms with Crippen LogP contribution in [0.5, 0.6) is 0 Å². The second-order valence-corrected chi connectivity index (χ2v) is 8.19. The molecule has 1 aromatic heterocycles. The third kappa shape index (κ3) is 2.91. The molecule has 19 heavy (non-hydrogen) atoms. The van der Waals surface area contributed by atoms with Crippen molar-refractivity contribution in [2.75, 3.05) is 5.75 Å². The molecule has 0 radical (unpaired) electrons. The highest BCUT2D eigenvalue weighted by Crippen LogP contribution is 2.42. The minimum absolute atomic E-state index is 0.619. The van der Waals surface area contributed by atoms with E-state index in [9.17, 15) is 0 Å². The van der Waals surface area contributed by atoms with Crippen molar-refractivity contribution in [2.45, 2.75) is 31.4 Å². The van der Waals surface area contributed by atoms with Gasteiger partial charge in [0, 0.05) is 14.9 Å². The van der Waals surface area contributed by atoms with Crippen LogP contribution in [0, 0.1) is 6.92 Å². The van der Waals surface area contributed by atoms with E-state index in [0.717, 1.165) is 10.2 Å². The van der Waals surface area contributed by atoms with Gasteiger partial charge in [0.15, 0.2) is 0 Å². The summed E-state index contributed by atoms with van der Waals surface area (Å²) in [5.41, 5.74) is 2.36. The monoisotopic (exact) mass is 353 g/mol. The lowest BCUT2D eigenvalue weighted by Crippen LogP contribution is -2.01. The van der Waals surface area contributed by atoms with E-state index in [1.54, 1.807) is 0 Å². The number of aryl methyl sites for hydroxylation is 1. The van der Waals surface area contributed by atoms with Gasteiger partial charge in [0.2, 0.25) is 0 Å². The van der Waals surface area contributed by atoms with Crippen LogP contribution in [-0.2, 0) is 0 Å². The number of hydrogen-bond donors (Lipinski definition) is 0. The van der Waals surface area contributed by atoms with Gasteiger partial charge >= 0.3 is 0 Å². The van der Waals surface area contributed by atoms with E-state index in [1.807, 2.05) is 17.4 Å². The topological polar surface area (TPSA) is 12.9 Å². The van der Waals surface area contributed by atoms with Crippen LogP contribution < -0.4 is 0 Å². The maximum Gasteiger partial charge on any atom is 0.107 e. The van der Waals surface area contributed by atoms with E-state index >= 15 is 0 Å². The number of hydrogen-bond acceptors (Lipinski definition) is 3. The van der Waals surface area contributed by atoms with Gasteiger partial charge in [-0.2, -0.15) is 11.8 Å². The van der Waals surface area contributed by atoms with Crippen molar-refractivity contribution in [1.29, 1.82) is 0 Å². The highest BCUT2D eigenvalue weighted by Gasteiger charge is 2.21. The van der Waals surface area contributed by atoms with Crippen molar-refractivity contribution in [1.82, 2.24) is 4.98 Å². The first kappa shape index (κ1) is 13.7. The van der Waals surface area contributed by atoms with Gasteiger partial charge in [0.05, 0.1) is 10.9 Å². The molecule has 3 rings (SSSR count). The Morgan fingerprint density at radius 2 is 2.11 bits per heavy atom. The van der Waals surface area contributed by atoms with E-state index in [4.69, 9.17) is 4.98 Å². The van der Waals surface area contributed by atoms with E-state index in [0.29, 0.717) is 5.25 Å². The van der Waals surface area contributed by atoms with Crippen molar-refractivity contribution in [3.8, 4) is 11.3 Å². The molecule has 4 heteroatoms. The second kappa shape index (κ2) is 5.98. The van der Waals surface area contributed by atoms with E-state index in [2.05, 4.69) is 52.8 Å². The molecule has 0 amide bonds. The number of thioether (sulfide) groups is 1. The number of rotatable bonds is 2. The largest absolute Gasteiger partial charge is 0.240 e. The number of aromatic nitrogens is 1. The Morgan fingerprint density at radius 3 is 2.84 bits per heavy atom. The van der Waals surface area contributed by atoms with Gasteiger partial charge in [-0.1, -0.05) is 40.5 Å². The van der Waals surface area contributed by atoms with Crippen LogP contribution in [0.2, 0.25) is 0 Å². The van der Waals surface area contributed by atoms with E-state index < -0.39 is 0 Å². The third-order valence-electron chi connectivity index (χ3n) is 3.40. The summed E-state index contributed by atoms with van der Waals surface area (Å²) in [5.74, 6) is 1.29. The van der Waals surface area contributed by atoms with E-state index in [-0.39, 0.29) is 0 Å². The molecular weight excluding hydrogens is 338 g/mol. The first-order valence-electron chi connectivity index (χ1n) is 6.59. The molecular formula is C15H16BrNS2. The Labute approximate surface area is 131 Å². The summed E-state index contributed by atoms with van der Waals surface area (Å²) >= 11 is 7.58. The first-order chi connectivity index (χ1) is 9.25. The Balaban J connectivity index is 1.95. The molecule has 0 aliphatic carbocycles. The zero-order chi connectivity index (χ0) is 13.2. The van der Waals surface area contributed by atoms with Crippen LogP contribution >= 0.6 is 39.0 Å². The summed E-state index contributed by atoms with van der Waals surface area (Å²) in [6, 6.07) is 8.36. The van der Waals surface area contributed by atoms with E-state index in [1.165, 1.54) is 40.5 Å². The fraction of sp³-hybridized carbons (Fsp3) is 0.400. The lowest BCUT2D eigenvalue weighted by Gasteiger charge is -2.18. The number of benzene rings is 1. The molecule has 2 aromatic rings. The third-order valence-corrected chi connectivity index (χ3v) is 6.71. The fourth-order valence-electron chi connectivity index (χ4n) is 2.39. The van der Waals surface area contributed by atoms with Crippen molar-refractivity contribution in [2.24, 2.45) is 0 Å². The maximum atomic E-state index is 4.93. The molecule has 0 spiro atoms. The standard InChI is InChI=1S/C15H16BrNS2/c1-10-14(11-6-2-3-7-12(11)16)17-15(19-10)13-8-4-5-9-18-13/h2-3,6-7,13H,4-5,8-9H2,1H3. The average Bonchev–Trinajstić information content (AvgIpc) is 2.82. The molecule has 1 aliphatic heterocycles. The number of thiazole rings is 1. The normalized spacial score (nSPS) is 19.6. The summed E-state index contributed by atoms with van der Waals surface area (Å²) in [6.07, 6.45) is 4.00. The molecule has 1 nitrogen and oxygen atoms in total. The first-order valence-corrected chi connectivity index (χ1v) is 9.25. The van der Waals surface area contributed by atoms with Crippen LogP contribution in [0.15, 0.2) is 28.7 Å². The summed E-state index contributed by atoms with van der Waals surface area (Å²) in [4.78, 5) is 6.26. The quantitative estimate of drug-likeness (QED) is 0.672. The van der Waals surface area contributed by atoms with Gasteiger partial charge in [-0.25, -0.2) is 4.98 Å². The number of halogens is 1. The Hall–Kier alpha value is -0.320. The summed E-state index contributed by atoms with van der Waals surface area (Å²) in [5, 5.41) is 1.93. The maximum absolute atomic E-state index is 4.93. The van der Waals surface area contributed by atoms with Crippen molar-refractivity contribution >= 4 is 39.0 Å². The highest BCUT2D eigenvalue weighted by atomic mass is 79.9. The second-order valence-electron chi connectivity index (χ2n) is 4.79. The van der Waals surface area contributed by atoms with Crippen LogP contribution in [0.25, 0.3) is 11.3 Å². The summed E-state index contributed by atoms with van der Waals surface area (Å²) in [7, 11) is 0. The van der Waals surface area contributed by atoms with Crippen LogP contribution in [0.4, 0.5) is 0 Å². The molecule has 100 valence electrons. The molecule has 0 saturated carbocycles. The lowest BCUT2D eigenvalue weighted by atomic mass is 10.1. The fourth-order valence-corrected chi connectivity index (χ4v) is 5.35. The lowest BCUT2D eigenvalue weighted by molar-refractivity contribution is 0.684. The Kier molecular flexibility index (Phi) is 4.30. The minimum atomic E-state index is 0.619. The molecule has 1 fully saturated rings. The van der Waals surface area contributed by atoms with Crippen molar-refractivity contribution in [3.63, 3.8) is 0 Å². The molecule has 1 aliphatic rings. The van der Waals surface area contributed by atoms with Gasteiger partial charge < -0.3 is 0 Å². The Morgan fingerprint density at radius 1 is 1.26 bits per heavy atom. The molecule has 1 aromatic carbocycles. The van der Waals surface area contributed by atoms with Gasteiger partial charge in [0.1, 0.15) is 5.01 Å². The van der Waals surface area contributed by atoms with Gasteiger partial charge in [-0.3, -0.25) is 0 Å². The summed E-state index contributed by atoms with van der Waals surface area (Å²) < 4.78 is 1.13. The SMILES string of the molecule is Cc1sc(C2CCCCS2)nc1-c1ccccc1Br. The average molecular weight is 354 g/mol.